The minimum absolute atomic E-state index is 0.102. The molecule has 0 N–H and O–H groups in total. The van der Waals surface area contributed by atoms with E-state index in [1.54, 1.807) is 0 Å². The lowest BCUT2D eigenvalue weighted by Gasteiger charge is -2.22. The molecule has 0 saturated heterocycles. The summed E-state index contributed by atoms with van der Waals surface area (Å²) in [7, 11) is 0. The summed E-state index contributed by atoms with van der Waals surface area (Å²) in [4.78, 5) is 0. The molecular weight excluding hydrogens is 585 g/mol. The van der Waals surface area contributed by atoms with Gasteiger partial charge < -0.3 is 13.6 Å². The number of benzene rings is 7. The second-order valence-electron chi connectivity index (χ2n) is 13.7. The third-order valence-corrected chi connectivity index (χ3v) is 10.9. The van der Waals surface area contributed by atoms with Gasteiger partial charge in [0, 0.05) is 43.7 Å². The van der Waals surface area contributed by atoms with Crippen molar-refractivity contribution in [1.29, 1.82) is 0 Å². The number of furan rings is 1. The van der Waals surface area contributed by atoms with Crippen LogP contribution in [0, 0.1) is 0 Å². The minimum atomic E-state index is -0.102. The molecule has 0 atom stereocenters. The maximum absolute atomic E-state index is 6.97. The molecule has 1 aliphatic carbocycles. The lowest BCUT2D eigenvalue weighted by atomic mass is 9.82. The summed E-state index contributed by atoms with van der Waals surface area (Å²) in [5.41, 5.74) is 14.1. The molecule has 3 aromatic heterocycles. The van der Waals surface area contributed by atoms with Gasteiger partial charge in [-0.2, -0.15) is 0 Å². The van der Waals surface area contributed by atoms with Crippen LogP contribution in [-0.2, 0) is 5.41 Å². The number of fused-ring (bicyclic) bond motifs is 15. The van der Waals surface area contributed by atoms with Gasteiger partial charge in [-0.1, -0.05) is 117 Å². The second-order valence-corrected chi connectivity index (χ2v) is 13.7. The molecule has 7 aromatic carbocycles. The smallest absolute Gasteiger partial charge is 0.162 e. The van der Waals surface area contributed by atoms with Crippen LogP contribution in [0.1, 0.15) is 25.0 Å². The minimum Gasteiger partial charge on any atom is -0.454 e. The molecule has 0 unspecified atom stereocenters. The Bertz CT molecular complexity index is 2970. The van der Waals surface area contributed by atoms with Gasteiger partial charge in [0.05, 0.1) is 27.5 Å². The molecule has 0 spiro atoms. The van der Waals surface area contributed by atoms with Crippen molar-refractivity contribution in [1.82, 2.24) is 9.13 Å². The first-order valence-electron chi connectivity index (χ1n) is 16.7. The number of nitrogens with zero attached hydrogens (tertiary/aromatic N) is 2. The van der Waals surface area contributed by atoms with E-state index in [2.05, 4.69) is 169 Å². The molecule has 3 heteroatoms. The fourth-order valence-corrected chi connectivity index (χ4v) is 8.83. The standard InChI is InChI=1S/C45H30N2O/c1-45(2)34-20-10-6-16-29(34)30-25-24-28(26-35(30)45)47-37-22-12-7-17-31(37)39-40-32-18-8-11-21-36(32)46(27-14-4-3-5-15-27)43(40)44-41(42(39)47)33-19-9-13-23-38(33)48-44/h3-26H,1-2H3. The number of hydrogen-bond acceptors (Lipinski definition) is 1. The van der Waals surface area contributed by atoms with Gasteiger partial charge in [-0.25, -0.2) is 0 Å². The summed E-state index contributed by atoms with van der Waals surface area (Å²) in [5, 5.41) is 7.21. The summed E-state index contributed by atoms with van der Waals surface area (Å²) in [5.74, 6) is 0. The van der Waals surface area contributed by atoms with Crippen LogP contribution in [0.4, 0.5) is 0 Å². The summed E-state index contributed by atoms with van der Waals surface area (Å²) in [6.45, 7) is 4.72. The molecular formula is C45H30N2O. The van der Waals surface area contributed by atoms with Gasteiger partial charge in [-0.05, 0) is 64.7 Å². The Morgan fingerprint density at radius 2 is 1.04 bits per heavy atom. The lowest BCUT2D eigenvalue weighted by Crippen LogP contribution is -2.15. The first-order valence-corrected chi connectivity index (χ1v) is 16.7. The Kier molecular flexibility index (Phi) is 4.91. The Labute approximate surface area is 276 Å². The SMILES string of the molecule is CC1(C)c2ccccc2-c2ccc(-n3c4ccccc4c4c5c6ccccc6n(-c6ccccc6)c5c5oc6ccccc6c5c43)cc21. The van der Waals surface area contributed by atoms with Crippen LogP contribution < -0.4 is 0 Å². The topological polar surface area (TPSA) is 23.0 Å². The van der Waals surface area contributed by atoms with E-state index in [4.69, 9.17) is 4.42 Å². The van der Waals surface area contributed by atoms with Gasteiger partial charge in [-0.15, -0.1) is 0 Å². The number of hydrogen-bond donors (Lipinski definition) is 0. The molecule has 10 aromatic rings. The van der Waals surface area contributed by atoms with Crippen LogP contribution in [0.15, 0.2) is 150 Å². The predicted molar refractivity (Wildman–Crippen MR) is 200 cm³/mol. The fourth-order valence-electron chi connectivity index (χ4n) is 8.83. The van der Waals surface area contributed by atoms with Gasteiger partial charge >= 0.3 is 0 Å². The number of aromatic nitrogens is 2. The zero-order chi connectivity index (χ0) is 31.7. The molecule has 11 rings (SSSR count). The van der Waals surface area contributed by atoms with E-state index in [0.29, 0.717) is 0 Å². The van der Waals surface area contributed by atoms with Crippen LogP contribution in [-0.4, -0.2) is 9.13 Å². The molecule has 48 heavy (non-hydrogen) atoms. The quantitative estimate of drug-likeness (QED) is 0.190. The Morgan fingerprint density at radius 3 is 1.81 bits per heavy atom. The molecule has 226 valence electrons. The first kappa shape index (κ1) is 26.1. The number of rotatable bonds is 2. The van der Waals surface area contributed by atoms with Crippen molar-refractivity contribution >= 4 is 65.6 Å². The maximum atomic E-state index is 6.97. The van der Waals surface area contributed by atoms with Gasteiger partial charge in [0.1, 0.15) is 5.58 Å². The van der Waals surface area contributed by atoms with Crippen molar-refractivity contribution in [2.45, 2.75) is 19.3 Å². The van der Waals surface area contributed by atoms with Crippen molar-refractivity contribution < 1.29 is 4.42 Å². The van der Waals surface area contributed by atoms with Crippen molar-refractivity contribution in [3.63, 3.8) is 0 Å². The maximum Gasteiger partial charge on any atom is 0.162 e. The summed E-state index contributed by atoms with van der Waals surface area (Å²) in [6, 6.07) is 52.9. The van der Waals surface area contributed by atoms with Gasteiger partial charge in [0.2, 0.25) is 0 Å². The Morgan fingerprint density at radius 1 is 0.458 bits per heavy atom. The summed E-state index contributed by atoms with van der Waals surface area (Å²) >= 11 is 0. The highest BCUT2D eigenvalue weighted by atomic mass is 16.3. The molecule has 0 saturated carbocycles. The monoisotopic (exact) mass is 614 g/mol. The Hall–Kier alpha value is -6.06. The van der Waals surface area contributed by atoms with Crippen LogP contribution in [0.3, 0.4) is 0 Å². The molecule has 0 amide bonds. The second kappa shape index (κ2) is 9.05. The van der Waals surface area contributed by atoms with Crippen LogP contribution in [0.25, 0.3) is 88.1 Å². The van der Waals surface area contributed by atoms with E-state index in [9.17, 15) is 0 Å². The van der Waals surface area contributed by atoms with E-state index in [1.807, 2.05) is 0 Å². The van der Waals surface area contributed by atoms with E-state index in [-0.39, 0.29) is 5.41 Å². The van der Waals surface area contributed by atoms with Crippen molar-refractivity contribution in [2.75, 3.05) is 0 Å². The molecule has 3 nitrogen and oxygen atoms in total. The Balaban J connectivity index is 1.39. The predicted octanol–water partition coefficient (Wildman–Crippen LogP) is 12.1. The average molecular weight is 615 g/mol. The summed E-state index contributed by atoms with van der Waals surface area (Å²) < 4.78 is 11.9. The van der Waals surface area contributed by atoms with Crippen LogP contribution >= 0.6 is 0 Å². The lowest BCUT2D eigenvalue weighted by molar-refractivity contribution is 0.660. The molecule has 0 bridgehead atoms. The number of para-hydroxylation sites is 4. The molecule has 0 aliphatic heterocycles. The molecule has 0 radical (unpaired) electrons. The molecule has 3 heterocycles. The van der Waals surface area contributed by atoms with Crippen LogP contribution in [0.5, 0.6) is 0 Å². The van der Waals surface area contributed by atoms with Gasteiger partial charge in [-0.3, -0.25) is 0 Å². The van der Waals surface area contributed by atoms with E-state index < -0.39 is 0 Å². The first-order chi connectivity index (χ1) is 23.6. The highest BCUT2D eigenvalue weighted by Crippen LogP contribution is 2.52. The average Bonchev–Trinajstić information content (AvgIpc) is 3.84. The van der Waals surface area contributed by atoms with Gasteiger partial charge in [0.15, 0.2) is 5.58 Å². The third-order valence-electron chi connectivity index (χ3n) is 10.9. The highest BCUT2D eigenvalue weighted by Gasteiger charge is 2.36. The van der Waals surface area contributed by atoms with E-state index in [1.165, 1.54) is 66.0 Å². The highest BCUT2D eigenvalue weighted by molar-refractivity contribution is 6.39. The summed E-state index contributed by atoms with van der Waals surface area (Å²) in [6.07, 6.45) is 0. The van der Waals surface area contributed by atoms with Crippen molar-refractivity contribution in [2.24, 2.45) is 0 Å². The third kappa shape index (κ3) is 3.14. The zero-order valence-corrected chi connectivity index (χ0v) is 26.7. The van der Waals surface area contributed by atoms with E-state index >= 15 is 0 Å². The normalized spacial score (nSPS) is 13.8. The van der Waals surface area contributed by atoms with Gasteiger partial charge in [0.25, 0.3) is 0 Å². The van der Waals surface area contributed by atoms with Crippen molar-refractivity contribution in [3.05, 3.63) is 157 Å². The molecule has 1 aliphatic rings. The fraction of sp³-hybridized carbons (Fsp3) is 0.0667. The van der Waals surface area contributed by atoms with E-state index in [0.717, 1.165) is 33.1 Å². The molecule has 0 fully saturated rings. The van der Waals surface area contributed by atoms with Crippen LogP contribution in [0.2, 0.25) is 0 Å². The van der Waals surface area contributed by atoms with Crippen molar-refractivity contribution in [3.8, 4) is 22.5 Å². The zero-order valence-electron chi connectivity index (χ0n) is 26.7. The largest absolute Gasteiger partial charge is 0.454 e.